The van der Waals surface area contributed by atoms with Gasteiger partial charge in [-0.05, 0) is 12.1 Å². The Labute approximate surface area is 110 Å². The standard InChI is InChI=1S/C12H12ClN3S/c13-7-9-8-16-10-3-1-2-4-11(10)17-6-5-12(16)15-14-9/h1-4H,5-8H2. The van der Waals surface area contributed by atoms with Gasteiger partial charge in [-0.15, -0.1) is 28.5 Å². The molecule has 5 heteroatoms. The van der Waals surface area contributed by atoms with Gasteiger partial charge in [0.1, 0.15) is 5.84 Å². The van der Waals surface area contributed by atoms with E-state index in [-0.39, 0.29) is 0 Å². The molecule has 0 aromatic heterocycles. The Morgan fingerprint density at radius 1 is 1.29 bits per heavy atom. The lowest BCUT2D eigenvalue weighted by Gasteiger charge is -2.27. The van der Waals surface area contributed by atoms with Crippen molar-refractivity contribution in [3.8, 4) is 0 Å². The van der Waals surface area contributed by atoms with E-state index in [4.69, 9.17) is 11.6 Å². The van der Waals surface area contributed by atoms with Gasteiger partial charge in [-0.25, -0.2) is 0 Å². The number of nitrogens with zero attached hydrogens (tertiary/aromatic N) is 3. The zero-order valence-corrected chi connectivity index (χ0v) is 10.8. The highest BCUT2D eigenvalue weighted by Crippen LogP contribution is 2.34. The monoisotopic (exact) mass is 265 g/mol. The first-order valence-electron chi connectivity index (χ1n) is 5.56. The number of hydrogen-bond donors (Lipinski definition) is 0. The van der Waals surface area contributed by atoms with E-state index in [1.807, 2.05) is 11.8 Å². The normalized spacial score (nSPS) is 18.8. The van der Waals surface area contributed by atoms with E-state index in [1.165, 1.54) is 10.6 Å². The molecular formula is C12H12ClN3S. The van der Waals surface area contributed by atoms with Crippen molar-refractivity contribution in [2.45, 2.75) is 11.3 Å². The topological polar surface area (TPSA) is 28.0 Å². The summed E-state index contributed by atoms with van der Waals surface area (Å²) in [6.07, 6.45) is 0.957. The molecule has 0 radical (unpaired) electrons. The third-order valence-electron chi connectivity index (χ3n) is 2.85. The van der Waals surface area contributed by atoms with Gasteiger partial charge in [0, 0.05) is 17.1 Å². The number of rotatable bonds is 1. The van der Waals surface area contributed by atoms with Gasteiger partial charge in [-0.2, -0.15) is 5.10 Å². The molecule has 1 aromatic rings. The van der Waals surface area contributed by atoms with Crippen molar-refractivity contribution in [3.05, 3.63) is 24.3 Å². The highest BCUT2D eigenvalue weighted by Gasteiger charge is 2.24. The van der Waals surface area contributed by atoms with Crippen LogP contribution in [0.3, 0.4) is 0 Å². The molecule has 0 saturated heterocycles. The first-order valence-corrected chi connectivity index (χ1v) is 7.08. The molecule has 3 rings (SSSR count). The number of hydrogen-bond acceptors (Lipinski definition) is 4. The number of benzene rings is 1. The maximum Gasteiger partial charge on any atom is 0.133 e. The molecule has 0 bridgehead atoms. The number of amidine groups is 1. The van der Waals surface area contributed by atoms with Gasteiger partial charge in [0.05, 0.1) is 23.8 Å². The SMILES string of the molecule is ClCC1=NN=C2CCSc3ccccc3N2C1. The van der Waals surface area contributed by atoms with Gasteiger partial charge < -0.3 is 4.90 Å². The van der Waals surface area contributed by atoms with Gasteiger partial charge in [0.2, 0.25) is 0 Å². The Bertz CT molecular complexity index is 498. The molecule has 0 N–H and O–H groups in total. The summed E-state index contributed by atoms with van der Waals surface area (Å²) in [6.45, 7) is 0.764. The molecule has 1 aromatic carbocycles. The Hall–Kier alpha value is -1.00. The summed E-state index contributed by atoms with van der Waals surface area (Å²) in [6, 6.07) is 8.44. The van der Waals surface area contributed by atoms with Crippen LogP contribution in [0.4, 0.5) is 5.69 Å². The second-order valence-corrected chi connectivity index (χ2v) is 5.37. The van der Waals surface area contributed by atoms with E-state index in [2.05, 4.69) is 39.4 Å². The number of alkyl halides is 1. The summed E-state index contributed by atoms with van der Waals surface area (Å²) in [5.41, 5.74) is 2.16. The van der Waals surface area contributed by atoms with E-state index < -0.39 is 0 Å². The summed E-state index contributed by atoms with van der Waals surface area (Å²) in [5, 5.41) is 8.46. The molecule has 17 heavy (non-hydrogen) atoms. The Morgan fingerprint density at radius 3 is 3.06 bits per heavy atom. The molecule has 3 nitrogen and oxygen atoms in total. The lowest BCUT2D eigenvalue weighted by Crippen LogP contribution is -2.38. The van der Waals surface area contributed by atoms with Crippen molar-refractivity contribution in [2.24, 2.45) is 10.2 Å². The molecule has 0 aliphatic carbocycles. The van der Waals surface area contributed by atoms with E-state index >= 15 is 0 Å². The van der Waals surface area contributed by atoms with Crippen molar-refractivity contribution >= 4 is 40.6 Å². The number of halogens is 1. The van der Waals surface area contributed by atoms with Crippen LogP contribution in [-0.2, 0) is 0 Å². The number of para-hydroxylation sites is 1. The van der Waals surface area contributed by atoms with Crippen molar-refractivity contribution in [1.82, 2.24) is 0 Å². The molecule has 2 heterocycles. The van der Waals surface area contributed by atoms with E-state index in [1.54, 1.807) is 0 Å². The molecule has 0 spiro atoms. The Balaban J connectivity index is 2.04. The predicted molar refractivity (Wildman–Crippen MR) is 74.7 cm³/mol. The summed E-state index contributed by atoms with van der Waals surface area (Å²) < 4.78 is 0. The molecule has 0 unspecified atom stereocenters. The van der Waals surface area contributed by atoms with Gasteiger partial charge in [0.15, 0.2) is 0 Å². The molecule has 0 fully saturated rings. The van der Waals surface area contributed by atoms with Gasteiger partial charge >= 0.3 is 0 Å². The van der Waals surface area contributed by atoms with Gasteiger partial charge in [-0.3, -0.25) is 0 Å². The van der Waals surface area contributed by atoms with Crippen molar-refractivity contribution in [3.63, 3.8) is 0 Å². The average Bonchev–Trinajstić information content (AvgIpc) is 2.57. The fourth-order valence-electron chi connectivity index (χ4n) is 2.02. The van der Waals surface area contributed by atoms with Crippen LogP contribution in [0.1, 0.15) is 6.42 Å². The lowest BCUT2D eigenvalue weighted by molar-refractivity contribution is 1.01. The molecular weight excluding hydrogens is 254 g/mol. The summed E-state index contributed by atoms with van der Waals surface area (Å²) in [4.78, 5) is 3.55. The molecule has 0 amide bonds. The van der Waals surface area contributed by atoms with Crippen molar-refractivity contribution in [2.75, 3.05) is 23.1 Å². The summed E-state index contributed by atoms with van der Waals surface area (Å²) >= 11 is 7.73. The van der Waals surface area contributed by atoms with Crippen molar-refractivity contribution in [1.29, 1.82) is 0 Å². The fourth-order valence-corrected chi connectivity index (χ4v) is 3.16. The van der Waals surface area contributed by atoms with E-state index in [0.717, 1.165) is 30.3 Å². The second kappa shape index (κ2) is 4.70. The zero-order valence-electron chi connectivity index (χ0n) is 9.27. The fraction of sp³-hybridized carbons (Fsp3) is 0.333. The Morgan fingerprint density at radius 2 is 2.18 bits per heavy atom. The zero-order chi connectivity index (χ0) is 11.7. The second-order valence-electron chi connectivity index (χ2n) is 3.97. The minimum atomic E-state index is 0.447. The van der Waals surface area contributed by atoms with Gasteiger partial charge in [-0.1, -0.05) is 12.1 Å². The number of anilines is 1. The molecule has 0 saturated carbocycles. The quantitative estimate of drug-likeness (QED) is 0.730. The molecule has 88 valence electrons. The van der Waals surface area contributed by atoms with Gasteiger partial charge in [0.25, 0.3) is 0 Å². The highest BCUT2D eigenvalue weighted by atomic mass is 35.5. The van der Waals surface area contributed by atoms with Crippen LogP contribution in [0, 0.1) is 0 Å². The number of fused-ring (bicyclic) bond motifs is 3. The van der Waals surface area contributed by atoms with Crippen LogP contribution in [0.5, 0.6) is 0 Å². The highest BCUT2D eigenvalue weighted by molar-refractivity contribution is 7.99. The maximum absolute atomic E-state index is 5.85. The third-order valence-corrected chi connectivity index (χ3v) is 4.23. The minimum absolute atomic E-state index is 0.447. The number of thioether (sulfide) groups is 1. The third kappa shape index (κ3) is 2.07. The average molecular weight is 266 g/mol. The molecule has 0 atom stereocenters. The summed E-state index contributed by atoms with van der Waals surface area (Å²) in [7, 11) is 0. The first kappa shape index (κ1) is 11.1. The lowest BCUT2D eigenvalue weighted by atomic mass is 10.2. The Kier molecular flexibility index (Phi) is 3.07. The minimum Gasteiger partial charge on any atom is -0.321 e. The van der Waals surface area contributed by atoms with Crippen LogP contribution in [0.2, 0.25) is 0 Å². The van der Waals surface area contributed by atoms with Crippen molar-refractivity contribution < 1.29 is 0 Å². The largest absolute Gasteiger partial charge is 0.321 e. The van der Waals surface area contributed by atoms with Crippen LogP contribution in [0.15, 0.2) is 39.4 Å². The van der Waals surface area contributed by atoms with E-state index in [9.17, 15) is 0 Å². The molecule has 2 aliphatic heterocycles. The van der Waals surface area contributed by atoms with Crippen LogP contribution >= 0.6 is 23.4 Å². The van der Waals surface area contributed by atoms with Crippen LogP contribution in [-0.4, -0.2) is 29.7 Å². The van der Waals surface area contributed by atoms with Crippen LogP contribution in [0.25, 0.3) is 0 Å². The molecule has 2 aliphatic rings. The van der Waals surface area contributed by atoms with Crippen LogP contribution < -0.4 is 4.90 Å². The van der Waals surface area contributed by atoms with E-state index in [0.29, 0.717) is 5.88 Å². The maximum atomic E-state index is 5.85. The predicted octanol–water partition coefficient (Wildman–Crippen LogP) is 3.00. The first-order chi connectivity index (χ1) is 8.38. The smallest absolute Gasteiger partial charge is 0.133 e. The summed E-state index contributed by atoms with van der Waals surface area (Å²) in [5.74, 6) is 2.55.